The molecule has 0 aliphatic carbocycles. The summed E-state index contributed by atoms with van der Waals surface area (Å²) in [5.74, 6) is 0. The molecule has 0 aromatic carbocycles. The van der Waals surface area contributed by atoms with Crippen molar-refractivity contribution in [1.29, 1.82) is 0 Å². The summed E-state index contributed by atoms with van der Waals surface area (Å²) in [6.45, 7) is 7.11. The van der Waals surface area contributed by atoms with Gasteiger partial charge in [0.05, 0.1) is 25.8 Å². The molecule has 0 fully saturated rings. The van der Waals surface area contributed by atoms with E-state index < -0.39 is 0 Å². The van der Waals surface area contributed by atoms with Crippen molar-refractivity contribution in [3.05, 3.63) is 0 Å². The Morgan fingerprint density at radius 3 is 1.59 bits per heavy atom. The first-order valence-corrected chi connectivity index (χ1v) is 5.96. The van der Waals surface area contributed by atoms with Crippen molar-refractivity contribution in [3.8, 4) is 0 Å². The van der Waals surface area contributed by atoms with Gasteiger partial charge in [0.1, 0.15) is 0 Å². The van der Waals surface area contributed by atoms with E-state index in [-0.39, 0.29) is 0 Å². The molecule has 0 saturated carbocycles. The summed E-state index contributed by atoms with van der Waals surface area (Å²) in [6, 6.07) is 0. The van der Waals surface area contributed by atoms with Crippen molar-refractivity contribution in [1.82, 2.24) is 16.0 Å². The Hall–Kier alpha value is -1.18. The van der Waals surface area contributed by atoms with Crippen molar-refractivity contribution >= 4 is 12.7 Å². The average molecular weight is 243 g/mol. The monoisotopic (exact) mass is 243 g/mol. The fourth-order valence-corrected chi connectivity index (χ4v) is 0.975. The minimum Gasteiger partial charge on any atom is -0.375 e. The zero-order valence-corrected chi connectivity index (χ0v) is 10.4. The van der Waals surface area contributed by atoms with E-state index >= 15 is 0 Å². The van der Waals surface area contributed by atoms with Crippen LogP contribution in [0.5, 0.6) is 0 Å². The molecule has 7 nitrogen and oxygen atoms in total. The van der Waals surface area contributed by atoms with Gasteiger partial charge in [-0.15, -0.1) is 0 Å². The maximum Gasteiger partial charge on any atom is 0.0825 e. The summed E-state index contributed by atoms with van der Waals surface area (Å²) in [7, 11) is 0. The average Bonchev–Trinajstić information content (AvgIpc) is 3.08. The van der Waals surface area contributed by atoms with E-state index in [4.69, 9.17) is 11.5 Å². The molecule has 7 N–H and O–H groups in total. The molecule has 0 spiro atoms. The number of nitrogens with two attached hydrogens (primary N) is 2. The lowest BCUT2D eigenvalue weighted by Gasteiger charge is -1.95. The molecule has 0 unspecified atom stereocenters. The number of aliphatic imine (C=N–C) groups is 2. The van der Waals surface area contributed by atoms with E-state index in [1.165, 1.54) is 0 Å². The summed E-state index contributed by atoms with van der Waals surface area (Å²) >= 11 is 0. The fraction of sp³-hybridized carbons (Fsp3) is 0.800. The molecule has 0 atom stereocenters. The summed E-state index contributed by atoms with van der Waals surface area (Å²) in [5.41, 5.74) is 10.3. The van der Waals surface area contributed by atoms with E-state index in [0.717, 1.165) is 39.3 Å². The highest BCUT2D eigenvalue weighted by atomic mass is 15.0. The van der Waals surface area contributed by atoms with Gasteiger partial charge in [0, 0.05) is 39.3 Å². The lowest BCUT2D eigenvalue weighted by Crippen LogP contribution is -2.27. The van der Waals surface area contributed by atoms with Gasteiger partial charge in [0.25, 0.3) is 0 Å². The maximum absolute atomic E-state index is 5.17. The molecule has 2 aliphatic rings. The van der Waals surface area contributed by atoms with Crippen molar-refractivity contribution in [2.75, 3.05) is 52.4 Å². The third kappa shape index (κ3) is 14.8. The van der Waals surface area contributed by atoms with Gasteiger partial charge in [0.2, 0.25) is 0 Å². The zero-order chi connectivity index (χ0) is 12.6. The van der Waals surface area contributed by atoms with Crippen LogP contribution in [0.3, 0.4) is 0 Å². The van der Waals surface area contributed by atoms with Crippen LogP contribution in [0.1, 0.15) is 0 Å². The Kier molecular flexibility index (Phi) is 13.8. The van der Waals surface area contributed by atoms with Gasteiger partial charge in [-0.05, 0) is 0 Å². The van der Waals surface area contributed by atoms with Crippen molar-refractivity contribution in [3.63, 3.8) is 0 Å². The number of hydrogen-bond acceptors (Lipinski definition) is 7. The van der Waals surface area contributed by atoms with Crippen LogP contribution in [0.4, 0.5) is 0 Å². The molecule has 0 aromatic heterocycles. The molecule has 100 valence electrons. The second-order valence-corrected chi connectivity index (χ2v) is 3.31. The Bertz CT molecular complexity index is 161. The Morgan fingerprint density at radius 1 is 0.941 bits per heavy atom. The molecule has 0 bridgehead atoms. The maximum atomic E-state index is 5.17. The molecule has 0 aromatic rings. The highest BCUT2D eigenvalue weighted by molar-refractivity contribution is 5.56. The van der Waals surface area contributed by atoms with E-state index in [9.17, 15) is 0 Å². The van der Waals surface area contributed by atoms with Gasteiger partial charge in [-0.25, -0.2) is 0 Å². The minimum atomic E-state index is 0.694. The highest BCUT2D eigenvalue weighted by Crippen LogP contribution is 1.69. The second kappa shape index (κ2) is 14.8. The van der Waals surface area contributed by atoms with Crippen LogP contribution in [0.2, 0.25) is 0 Å². The van der Waals surface area contributed by atoms with E-state index in [1.807, 2.05) is 0 Å². The predicted molar refractivity (Wildman–Crippen MR) is 73.7 cm³/mol. The zero-order valence-electron chi connectivity index (χ0n) is 10.4. The lowest BCUT2D eigenvalue weighted by atomic mass is 10.6. The first kappa shape index (κ1) is 15.8. The van der Waals surface area contributed by atoms with Crippen LogP contribution in [-0.2, 0) is 0 Å². The van der Waals surface area contributed by atoms with Gasteiger partial charge in [-0.1, -0.05) is 0 Å². The highest BCUT2D eigenvalue weighted by Gasteiger charge is 1.83. The van der Waals surface area contributed by atoms with Gasteiger partial charge in [-0.3, -0.25) is 9.98 Å². The van der Waals surface area contributed by atoms with Gasteiger partial charge >= 0.3 is 0 Å². The topological polar surface area (TPSA) is 113 Å². The van der Waals surface area contributed by atoms with E-state index in [1.54, 1.807) is 12.7 Å². The van der Waals surface area contributed by atoms with Crippen LogP contribution in [0, 0.1) is 0 Å². The first-order chi connectivity index (χ1) is 8.41. The molecule has 2 rings (SSSR count). The molecule has 0 saturated heterocycles. The molecule has 17 heavy (non-hydrogen) atoms. The largest absolute Gasteiger partial charge is 0.375 e. The molecular formula is C10H25N7. The van der Waals surface area contributed by atoms with E-state index in [2.05, 4.69) is 25.9 Å². The number of nitrogens with one attached hydrogen (secondary N) is 3. The smallest absolute Gasteiger partial charge is 0.0825 e. The Morgan fingerprint density at radius 2 is 1.41 bits per heavy atom. The molecule has 2 heterocycles. The van der Waals surface area contributed by atoms with Crippen molar-refractivity contribution in [2.24, 2.45) is 21.5 Å². The molecule has 0 amide bonds. The predicted octanol–water partition coefficient (Wildman–Crippen LogP) is -2.27. The summed E-state index contributed by atoms with van der Waals surface area (Å²) in [4.78, 5) is 7.69. The van der Waals surface area contributed by atoms with Gasteiger partial charge < -0.3 is 27.4 Å². The van der Waals surface area contributed by atoms with Gasteiger partial charge in [-0.2, -0.15) is 0 Å². The van der Waals surface area contributed by atoms with Crippen molar-refractivity contribution in [2.45, 2.75) is 0 Å². The van der Waals surface area contributed by atoms with Crippen LogP contribution in [-0.4, -0.2) is 65.0 Å². The quantitative estimate of drug-likeness (QED) is 0.357. The number of nitrogens with zero attached hydrogens (tertiary/aromatic N) is 2. The van der Waals surface area contributed by atoms with Crippen LogP contribution in [0.25, 0.3) is 0 Å². The molecule has 7 heteroatoms. The summed E-state index contributed by atoms with van der Waals surface area (Å²) in [6.07, 6.45) is 3.47. The minimum absolute atomic E-state index is 0.694. The first-order valence-electron chi connectivity index (χ1n) is 5.96. The van der Waals surface area contributed by atoms with Gasteiger partial charge in [0.15, 0.2) is 0 Å². The normalized spacial score (nSPS) is 15.2. The van der Waals surface area contributed by atoms with Crippen molar-refractivity contribution < 1.29 is 0 Å². The molecular weight excluding hydrogens is 218 g/mol. The molecule has 2 aliphatic heterocycles. The van der Waals surface area contributed by atoms with Crippen LogP contribution >= 0.6 is 0 Å². The number of hydrogen-bond donors (Lipinski definition) is 5. The lowest BCUT2D eigenvalue weighted by molar-refractivity contribution is 0.696. The number of rotatable bonds is 4. The molecule has 0 radical (unpaired) electrons. The fourth-order valence-electron chi connectivity index (χ4n) is 0.975. The third-order valence-electron chi connectivity index (χ3n) is 1.78. The third-order valence-corrected chi connectivity index (χ3v) is 1.78. The summed E-state index contributed by atoms with van der Waals surface area (Å²) < 4.78 is 0. The second-order valence-electron chi connectivity index (χ2n) is 3.31. The van der Waals surface area contributed by atoms with Crippen LogP contribution < -0.4 is 27.4 Å². The summed E-state index contributed by atoms with van der Waals surface area (Å²) in [5, 5.41) is 8.90. The SMILES string of the molecule is C1=NCCN1.C1=NCCN1.NCCNCCN. The Labute approximate surface area is 103 Å². The Balaban J connectivity index is 0.000000229. The standard InChI is InChI=1S/C4H13N3.2C3H6N2/c5-1-3-7-4-2-6;2*1-2-5-3-4-1/h7H,1-6H2;2*3H,1-2H2,(H,4,5). The van der Waals surface area contributed by atoms with Crippen LogP contribution in [0.15, 0.2) is 9.98 Å². The van der Waals surface area contributed by atoms with E-state index in [0.29, 0.717) is 13.1 Å².